The molecule has 7 nitrogen and oxygen atoms in total. The number of amides is 1. The topological polar surface area (TPSA) is 70.6 Å². The van der Waals surface area contributed by atoms with Crippen molar-refractivity contribution in [2.24, 2.45) is 5.92 Å². The zero-order chi connectivity index (χ0) is 25.1. The van der Waals surface area contributed by atoms with E-state index >= 15 is 0 Å². The molecule has 2 aliphatic heterocycles. The van der Waals surface area contributed by atoms with Crippen LogP contribution in [-0.2, 0) is 4.79 Å². The summed E-state index contributed by atoms with van der Waals surface area (Å²) in [6.07, 6.45) is 8.20. The lowest BCUT2D eigenvalue weighted by Crippen LogP contribution is -2.33. The Morgan fingerprint density at radius 2 is 2.06 bits per heavy atom. The van der Waals surface area contributed by atoms with E-state index in [1.54, 1.807) is 17.0 Å². The molecular formula is C27H29ClFN5O2. The molecule has 2 aliphatic rings. The minimum Gasteiger partial charge on any atom is -0.491 e. The van der Waals surface area contributed by atoms with E-state index in [4.69, 9.17) is 16.3 Å². The van der Waals surface area contributed by atoms with Gasteiger partial charge in [-0.2, -0.15) is 0 Å². The fourth-order valence-electron chi connectivity index (χ4n) is 4.60. The van der Waals surface area contributed by atoms with Crippen molar-refractivity contribution in [2.75, 3.05) is 43.0 Å². The van der Waals surface area contributed by atoms with Gasteiger partial charge < -0.3 is 15.0 Å². The van der Waals surface area contributed by atoms with Crippen LogP contribution in [0.5, 0.6) is 5.75 Å². The predicted octanol–water partition coefficient (Wildman–Crippen LogP) is 5.57. The summed E-state index contributed by atoms with van der Waals surface area (Å²) in [5.41, 5.74) is 1.94. The van der Waals surface area contributed by atoms with Crippen LogP contribution in [0.1, 0.15) is 26.2 Å². The number of nitrogens with zero attached hydrogens (tertiary/aromatic N) is 4. The van der Waals surface area contributed by atoms with Crippen LogP contribution in [-0.4, -0.2) is 53.6 Å². The number of halogens is 2. The predicted molar refractivity (Wildman–Crippen MR) is 141 cm³/mol. The molecule has 0 saturated carbocycles. The van der Waals surface area contributed by atoms with Crippen LogP contribution in [0.25, 0.3) is 10.9 Å². The molecule has 3 aromatic rings. The summed E-state index contributed by atoms with van der Waals surface area (Å²) in [5.74, 6) is 1.34. The van der Waals surface area contributed by atoms with Crippen molar-refractivity contribution in [3.8, 4) is 5.75 Å². The van der Waals surface area contributed by atoms with Gasteiger partial charge in [-0.15, -0.1) is 0 Å². The minimum absolute atomic E-state index is 0.0169. The first-order valence-corrected chi connectivity index (χ1v) is 12.7. The van der Waals surface area contributed by atoms with Crippen LogP contribution < -0.4 is 15.0 Å². The Hall–Kier alpha value is -3.23. The fraction of sp³-hybridized carbons (Fsp3) is 0.370. The van der Waals surface area contributed by atoms with Crippen molar-refractivity contribution in [3.63, 3.8) is 0 Å². The van der Waals surface area contributed by atoms with Crippen molar-refractivity contribution in [1.82, 2.24) is 14.9 Å². The van der Waals surface area contributed by atoms with Crippen LogP contribution in [0, 0.1) is 11.7 Å². The number of carbonyl (C=O) groups excluding carboxylic acids is 1. The lowest BCUT2D eigenvalue weighted by molar-refractivity contribution is -0.114. The first kappa shape index (κ1) is 24.5. The van der Waals surface area contributed by atoms with Crippen LogP contribution >= 0.6 is 11.6 Å². The third-order valence-electron chi connectivity index (χ3n) is 6.74. The third kappa shape index (κ3) is 5.44. The molecule has 2 aromatic carbocycles. The molecule has 0 radical (unpaired) electrons. The lowest BCUT2D eigenvalue weighted by atomic mass is 9.99. The van der Waals surface area contributed by atoms with Crippen LogP contribution in [0.15, 0.2) is 48.8 Å². The first-order valence-electron chi connectivity index (χ1n) is 12.3. The fourth-order valence-corrected chi connectivity index (χ4v) is 4.78. The second kappa shape index (κ2) is 10.8. The zero-order valence-corrected chi connectivity index (χ0v) is 21.0. The molecule has 5 rings (SSSR count). The van der Waals surface area contributed by atoms with Crippen LogP contribution in [0.3, 0.4) is 0 Å². The Bertz CT molecular complexity index is 1290. The summed E-state index contributed by atoms with van der Waals surface area (Å²) < 4.78 is 19.6. The van der Waals surface area contributed by atoms with Gasteiger partial charge in [0.15, 0.2) is 0 Å². The molecule has 0 atom stereocenters. The Balaban J connectivity index is 1.41. The summed E-state index contributed by atoms with van der Waals surface area (Å²) in [4.78, 5) is 26.2. The normalized spacial score (nSPS) is 17.1. The molecule has 3 heterocycles. The zero-order valence-electron chi connectivity index (χ0n) is 20.2. The average molecular weight is 510 g/mol. The number of piperidine rings is 1. The van der Waals surface area contributed by atoms with E-state index < -0.39 is 5.82 Å². The molecule has 188 valence electrons. The van der Waals surface area contributed by atoms with Gasteiger partial charge in [-0.25, -0.2) is 14.4 Å². The maximum Gasteiger partial charge on any atom is 0.250 e. The number of likely N-dealkylation sites (tertiary alicyclic amines) is 1. The largest absolute Gasteiger partial charge is 0.491 e. The highest BCUT2D eigenvalue weighted by molar-refractivity contribution is 6.31. The maximum atomic E-state index is 13.6. The standard InChI is InChI=1S/C27H29ClFN5O2/c1-18-7-11-33(12-8-18)9-2-4-26(35)34-10-3-13-36-25-16-23-20(15-24(25)34)27(31-17-30-23)32-19-5-6-22(29)21(28)14-19/h2,4-6,14-18H,3,7-13H2,1H3,(H,30,31,32)/b4-2+. The van der Waals surface area contributed by atoms with Gasteiger partial charge in [0, 0.05) is 36.3 Å². The molecular weight excluding hydrogens is 481 g/mol. The molecule has 0 spiro atoms. The van der Waals surface area contributed by atoms with Gasteiger partial charge in [-0.05, 0) is 62.5 Å². The highest BCUT2D eigenvalue weighted by atomic mass is 35.5. The van der Waals surface area contributed by atoms with Crippen LogP contribution in [0.2, 0.25) is 5.02 Å². The third-order valence-corrected chi connectivity index (χ3v) is 7.03. The molecule has 1 fully saturated rings. The van der Waals surface area contributed by atoms with E-state index in [-0.39, 0.29) is 10.9 Å². The van der Waals surface area contributed by atoms with Gasteiger partial charge in [0.1, 0.15) is 23.7 Å². The molecule has 0 unspecified atom stereocenters. The summed E-state index contributed by atoms with van der Waals surface area (Å²) in [6, 6.07) is 8.10. The van der Waals surface area contributed by atoms with Gasteiger partial charge in [-0.3, -0.25) is 9.69 Å². The molecule has 0 bridgehead atoms. The molecule has 0 aliphatic carbocycles. The van der Waals surface area contributed by atoms with Crippen molar-refractivity contribution < 1.29 is 13.9 Å². The molecule has 1 aromatic heterocycles. The number of hydrogen-bond donors (Lipinski definition) is 1. The van der Waals surface area contributed by atoms with E-state index in [1.165, 1.54) is 31.3 Å². The summed E-state index contributed by atoms with van der Waals surface area (Å²) in [7, 11) is 0. The van der Waals surface area contributed by atoms with Crippen LogP contribution in [0.4, 0.5) is 21.6 Å². The number of hydrogen-bond acceptors (Lipinski definition) is 6. The van der Waals surface area contributed by atoms with Crippen molar-refractivity contribution >= 4 is 45.6 Å². The van der Waals surface area contributed by atoms with Gasteiger partial charge in [0.25, 0.3) is 5.91 Å². The smallest absolute Gasteiger partial charge is 0.250 e. The number of anilines is 3. The van der Waals surface area contributed by atoms with Gasteiger partial charge in [-0.1, -0.05) is 24.6 Å². The maximum absolute atomic E-state index is 13.6. The monoisotopic (exact) mass is 509 g/mol. The molecule has 1 saturated heterocycles. The summed E-state index contributed by atoms with van der Waals surface area (Å²) in [6.45, 7) is 6.27. The molecule has 1 N–H and O–H groups in total. The molecule has 9 heteroatoms. The number of nitrogens with one attached hydrogen (secondary N) is 1. The highest BCUT2D eigenvalue weighted by Gasteiger charge is 2.23. The number of carbonyl (C=O) groups is 1. The van der Waals surface area contributed by atoms with Gasteiger partial charge in [0.05, 0.1) is 22.8 Å². The Morgan fingerprint density at radius 1 is 1.22 bits per heavy atom. The number of rotatable bonds is 5. The van der Waals surface area contributed by atoms with E-state index in [0.29, 0.717) is 47.0 Å². The van der Waals surface area contributed by atoms with E-state index in [9.17, 15) is 9.18 Å². The Kier molecular flexibility index (Phi) is 7.34. The number of benzene rings is 2. The van der Waals surface area contributed by atoms with Crippen molar-refractivity contribution in [2.45, 2.75) is 26.2 Å². The Labute approximate surface area is 214 Å². The lowest BCUT2D eigenvalue weighted by Gasteiger charge is -2.29. The number of ether oxygens (including phenoxy) is 1. The SMILES string of the molecule is CC1CCN(C/C=C/C(=O)N2CCCOc3cc4ncnc(Nc5ccc(F)c(Cl)c5)c4cc32)CC1. The summed E-state index contributed by atoms with van der Waals surface area (Å²) >= 11 is 5.94. The quantitative estimate of drug-likeness (QED) is 0.453. The number of aromatic nitrogens is 2. The Morgan fingerprint density at radius 3 is 2.86 bits per heavy atom. The molecule has 1 amide bonds. The second-order valence-electron chi connectivity index (χ2n) is 9.39. The van der Waals surface area contributed by atoms with Gasteiger partial charge in [0.2, 0.25) is 0 Å². The van der Waals surface area contributed by atoms with E-state index in [0.717, 1.165) is 32.0 Å². The van der Waals surface area contributed by atoms with E-state index in [1.807, 2.05) is 18.2 Å². The molecule has 36 heavy (non-hydrogen) atoms. The highest BCUT2D eigenvalue weighted by Crippen LogP contribution is 2.37. The van der Waals surface area contributed by atoms with Gasteiger partial charge >= 0.3 is 0 Å². The van der Waals surface area contributed by atoms with Crippen molar-refractivity contribution in [1.29, 1.82) is 0 Å². The minimum atomic E-state index is -0.491. The first-order chi connectivity index (χ1) is 17.5. The van der Waals surface area contributed by atoms with E-state index in [2.05, 4.69) is 27.1 Å². The average Bonchev–Trinajstić information content (AvgIpc) is 3.08. The number of fused-ring (bicyclic) bond motifs is 2. The van der Waals surface area contributed by atoms with Crippen molar-refractivity contribution in [3.05, 3.63) is 59.7 Å². The summed E-state index contributed by atoms with van der Waals surface area (Å²) in [5, 5.41) is 3.92. The second-order valence-corrected chi connectivity index (χ2v) is 9.80.